The lowest BCUT2D eigenvalue weighted by Gasteiger charge is -2.35. The fourth-order valence-electron chi connectivity index (χ4n) is 3.13. The summed E-state index contributed by atoms with van der Waals surface area (Å²) in [6.07, 6.45) is -2.13. The molecule has 1 aliphatic heterocycles. The van der Waals surface area contributed by atoms with Crippen molar-refractivity contribution in [2.24, 2.45) is 0 Å². The second-order valence-corrected chi connectivity index (χ2v) is 8.62. The van der Waals surface area contributed by atoms with Gasteiger partial charge in [-0.25, -0.2) is 13.2 Å². The average molecular weight is 440 g/mol. The van der Waals surface area contributed by atoms with Crippen molar-refractivity contribution in [1.82, 2.24) is 4.31 Å². The van der Waals surface area contributed by atoms with E-state index in [4.69, 9.17) is 5.11 Å². The summed E-state index contributed by atoms with van der Waals surface area (Å²) in [5, 5.41) is 8.64. The molecule has 0 spiro atoms. The third-order valence-electron chi connectivity index (χ3n) is 4.71. The molecular weight excluding hydrogens is 421 g/mol. The minimum Gasteiger partial charge on any atom is -0.478 e. The molecule has 0 bridgehead atoms. The molecule has 0 aromatic heterocycles. The van der Waals surface area contributed by atoms with E-state index in [2.05, 4.69) is 0 Å². The van der Waals surface area contributed by atoms with Gasteiger partial charge in [0.05, 0.1) is 10.5 Å². The highest BCUT2D eigenvalue weighted by atomic mass is 32.2. The maximum atomic E-state index is 12.9. The zero-order valence-corrected chi connectivity index (χ0v) is 16.5. The lowest BCUT2D eigenvalue weighted by atomic mass is 10.1. The maximum absolute atomic E-state index is 12.9. The van der Waals surface area contributed by atoms with Gasteiger partial charge in [-0.1, -0.05) is 18.2 Å². The van der Waals surface area contributed by atoms with Crippen LogP contribution in [-0.2, 0) is 21.0 Å². The van der Waals surface area contributed by atoms with Gasteiger partial charge in [0.15, 0.2) is 0 Å². The molecule has 10 heteroatoms. The van der Waals surface area contributed by atoms with Crippen molar-refractivity contribution in [3.63, 3.8) is 0 Å². The highest BCUT2D eigenvalue weighted by molar-refractivity contribution is 7.89. The number of aliphatic carboxylic acids is 1. The van der Waals surface area contributed by atoms with E-state index >= 15 is 0 Å². The molecule has 0 aliphatic carbocycles. The molecule has 0 radical (unpaired) electrons. The fourth-order valence-corrected chi connectivity index (χ4v) is 4.56. The van der Waals surface area contributed by atoms with Crippen LogP contribution in [0.2, 0.25) is 0 Å². The van der Waals surface area contributed by atoms with Crippen LogP contribution < -0.4 is 4.90 Å². The molecule has 1 saturated heterocycles. The number of nitrogens with zero attached hydrogens (tertiary/aromatic N) is 2. The van der Waals surface area contributed by atoms with Crippen LogP contribution in [0, 0.1) is 0 Å². The normalized spacial score (nSPS) is 16.2. The SMILES string of the molecule is O=C(O)/C=C/c1ccc(S(=O)(=O)N2CCN(c3cccc(C(F)(F)F)c3)CC2)cc1. The maximum Gasteiger partial charge on any atom is 0.416 e. The second-order valence-electron chi connectivity index (χ2n) is 6.68. The summed E-state index contributed by atoms with van der Waals surface area (Å²) in [6, 6.07) is 10.8. The van der Waals surface area contributed by atoms with Crippen LogP contribution in [0.3, 0.4) is 0 Å². The zero-order valence-electron chi connectivity index (χ0n) is 15.7. The molecule has 0 unspecified atom stereocenters. The predicted molar refractivity (Wildman–Crippen MR) is 106 cm³/mol. The lowest BCUT2D eigenvalue weighted by molar-refractivity contribution is -0.137. The van der Waals surface area contributed by atoms with Crippen molar-refractivity contribution in [2.45, 2.75) is 11.1 Å². The van der Waals surface area contributed by atoms with Gasteiger partial charge in [-0.05, 0) is 42.0 Å². The predicted octanol–water partition coefficient (Wildman–Crippen LogP) is 3.31. The molecule has 160 valence electrons. The number of benzene rings is 2. The molecule has 2 aromatic rings. The van der Waals surface area contributed by atoms with Gasteiger partial charge in [0.2, 0.25) is 10.0 Å². The van der Waals surface area contributed by atoms with Crippen molar-refractivity contribution in [1.29, 1.82) is 0 Å². The first kappa shape index (κ1) is 21.8. The molecule has 30 heavy (non-hydrogen) atoms. The molecule has 0 amide bonds. The van der Waals surface area contributed by atoms with Crippen LogP contribution >= 0.6 is 0 Å². The van der Waals surface area contributed by atoms with Gasteiger partial charge in [0.1, 0.15) is 0 Å². The lowest BCUT2D eigenvalue weighted by Crippen LogP contribution is -2.48. The number of hydrogen-bond acceptors (Lipinski definition) is 4. The molecule has 2 aromatic carbocycles. The van der Waals surface area contributed by atoms with E-state index < -0.39 is 27.7 Å². The van der Waals surface area contributed by atoms with Crippen molar-refractivity contribution in [3.8, 4) is 0 Å². The summed E-state index contributed by atoms with van der Waals surface area (Å²) in [4.78, 5) is 12.3. The minimum atomic E-state index is -4.44. The van der Waals surface area contributed by atoms with Gasteiger partial charge in [0.25, 0.3) is 0 Å². The van der Waals surface area contributed by atoms with Gasteiger partial charge in [-0.2, -0.15) is 17.5 Å². The second kappa shape index (κ2) is 8.49. The van der Waals surface area contributed by atoms with Crippen LogP contribution in [0.25, 0.3) is 6.08 Å². The van der Waals surface area contributed by atoms with Gasteiger partial charge in [-0.15, -0.1) is 0 Å². The Hall–Kier alpha value is -2.85. The molecule has 0 saturated carbocycles. The minimum absolute atomic E-state index is 0.0718. The van der Waals surface area contributed by atoms with Gasteiger partial charge in [-0.3, -0.25) is 0 Å². The van der Waals surface area contributed by atoms with Crippen molar-refractivity contribution in [2.75, 3.05) is 31.1 Å². The van der Waals surface area contributed by atoms with Crippen LogP contribution in [0.5, 0.6) is 0 Å². The number of anilines is 1. The highest BCUT2D eigenvalue weighted by Crippen LogP contribution is 2.32. The summed E-state index contributed by atoms with van der Waals surface area (Å²) < 4.78 is 65.7. The Bertz CT molecular complexity index is 1040. The molecule has 1 heterocycles. The topological polar surface area (TPSA) is 77.9 Å². The van der Waals surface area contributed by atoms with Crippen LogP contribution in [0.4, 0.5) is 18.9 Å². The highest BCUT2D eigenvalue weighted by Gasteiger charge is 2.32. The molecule has 1 fully saturated rings. The van der Waals surface area contributed by atoms with Crippen molar-refractivity contribution >= 4 is 27.8 Å². The van der Waals surface area contributed by atoms with Crippen LogP contribution in [0.1, 0.15) is 11.1 Å². The Morgan fingerprint density at radius 1 is 1.00 bits per heavy atom. The van der Waals surface area contributed by atoms with Crippen molar-refractivity contribution in [3.05, 3.63) is 65.7 Å². The summed E-state index contributed by atoms with van der Waals surface area (Å²) in [5.74, 6) is -1.11. The number of piperazine rings is 1. The van der Waals surface area contributed by atoms with Crippen molar-refractivity contribution < 1.29 is 31.5 Å². The third-order valence-corrected chi connectivity index (χ3v) is 6.63. The molecular formula is C20H19F3N2O4S. The number of hydrogen-bond donors (Lipinski definition) is 1. The smallest absolute Gasteiger partial charge is 0.416 e. The van der Waals surface area contributed by atoms with E-state index in [0.29, 0.717) is 11.3 Å². The van der Waals surface area contributed by atoms with Gasteiger partial charge >= 0.3 is 12.1 Å². The standard InChI is InChI=1S/C20H19F3N2O4S/c21-20(22,23)16-2-1-3-17(14-16)24-10-12-25(13-11-24)30(28,29)18-7-4-15(5-8-18)6-9-19(26)27/h1-9,14H,10-13H2,(H,26,27)/b9-6+. The van der Waals surface area contributed by atoms with Gasteiger partial charge in [0, 0.05) is 37.9 Å². The first-order chi connectivity index (χ1) is 14.1. The molecule has 1 N–H and O–H groups in total. The molecule has 0 atom stereocenters. The summed E-state index contributed by atoms with van der Waals surface area (Å²) in [6.45, 7) is 0.804. The monoisotopic (exact) mass is 440 g/mol. The Balaban J connectivity index is 1.69. The van der Waals surface area contributed by atoms with E-state index in [1.807, 2.05) is 0 Å². The quantitative estimate of drug-likeness (QED) is 0.722. The summed E-state index contributed by atoms with van der Waals surface area (Å²) >= 11 is 0. The number of rotatable bonds is 5. The Kier molecular flexibility index (Phi) is 6.18. The largest absolute Gasteiger partial charge is 0.478 e. The first-order valence-electron chi connectivity index (χ1n) is 9.01. The first-order valence-corrected chi connectivity index (χ1v) is 10.4. The number of carboxylic acids is 1. The Morgan fingerprint density at radius 2 is 1.63 bits per heavy atom. The number of alkyl halides is 3. The molecule has 6 nitrogen and oxygen atoms in total. The number of halogens is 3. The van der Waals surface area contributed by atoms with Gasteiger partial charge < -0.3 is 10.0 Å². The Labute approximate surface area is 171 Å². The van der Waals surface area contributed by atoms with E-state index in [9.17, 15) is 26.4 Å². The number of sulfonamides is 1. The van der Waals surface area contributed by atoms with E-state index in [1.54, 1.807) is 11.0 Å². The third kappa shape index (κ3) is 5.00. The zero-order chi connectivity index (χ0) is 21.9. The summed E-state index contributed by atoms with van der Waals surface area (Å²) in [7, 11) is -3.76. The van der Waals surface area contributed by atoms with E-state index in [-0.39, 0.29) is 31.1 Å². The Morgan fingerprint density at radius 3 is 2.20 bits per heavy atom. The number of carboxylic acid groups (broad SMARTS) is 1. The molecule has 3 rings (SSSR count). The fraction of sp³-hybridized carbons (Fsp3) is 0.250. The summed E-state index contributed by atoms with van der Waals surface area (Å²) in [5.41, 5.74) is 0.203. The van der Waals surface area contributed by atoms with Crippen LogP contribution in [-0.4, -0.2) is 50.0 Å². The van der Waals surface area contributed by atoms with Crippen LogP contribution in [0.15, 0.2) is 59.5 Å². The van der Waals surface area contributed by atoms with E-state index in [1.165, 1.54) is 40.7 Å². The van der Waals surface area contributed by atoms with E-state index in [0.717, 1.165) is 18.2 Å². The molecule has 1 aliphatic rings. The number of carbonyl (C=O) groups is 1. The average Bonchev–Trinajstić information content (AvgIpc) is 2.72.